The van der Waals surface area contributed by atoms with E-state index in [2.05, 4.69) is 5.32 Å². The second-order valence-corrected chi connectivity index (χ2v) is 9.06. The fourth-order valence-corrected chi connectivity index (χ4v) is 5.56. The molecule has 2 aliphatic heterocycles. The van der Waals surface area contributed by atoms with Gasteiger partial charge in [0.1, 0.15) is 17.0 Å². The van der Waals surface area contributed by atoms with Crippen LogP contribution in [0.5, 0.6) is 11.5 Å². The van der Waals surface area contributed by atoms with Gasteiger partial charge in [-0.25, -0.2) is 4.90 Å². The van der Waals surface area contributed by atoms with Crippen molar-refractivity contribution in [3.8, 4) is 11.5 Å². The van der Waals surface area contributed by atoms with Gasteiger partial charge < -0.3 is 14.2 Å². The molecule has 2 aromatic carbocycles. The molecule has 0 spiro atoms. The summed E-state index contributed by atoms with van der Waals surface area (Å²) in [5, 5.41) is 3.33. The van der Waals surface area contributed by atoms with Gasteiger partial charge in [-0.15, -0.1) is 0 Å². The minimum absolute atomic E-state index is 0.187. The Morgan fingerprint density at radius 3 is 2.39 bits per heavy atom. The van der Waals surface area contributed by atoms with E-state index in [1.807, 2.05) is 6.92 Å². The molecule has 2 aromatic rings. The van der Waals surface area contributed by atoms with Gasteiger partial charge in [0.25, 0.3) is 0 Å². The molecule has 0 saturated carbocycles. The Bertz CT molecular complexity index is 1230. The lowest BCUT2D eigenvalue weighted by atomic mass is 9.77. The highest BCUT2D eigenvalue weighted by Crippen LogP contribution is 2.53. The van der Waals surface area contributed by atoms with Crippen LogP contribution in [0.2, 0.25) is 0 Å². The third-order valence-corrected chi connectivity index (χ3v) is 7.13. The zero-order valence-electron chi connectivity index (χ0n) is 21.0. The van der Waals surface area contributed by atoms with Gasteiger partial charge in [-0.1, -0.05) is 31.5 Å². The first-order valence-electron chi connectivity index (χ1n) is 11.8. The summed E-state index contributed by atoms with van der Waals surface area (Å²) in [5.74, 6) is -2.63. The molecule has 0 radical (unpaired) electrons. The average molecular weight is 495 g/mol. The highest BCUT2D eigenvalue weighted by Gasteiger charge is 2.68. The summed E-state index contributed by atoms with van der Waals surface area (Å²) in [6, 6.07) is 10.9. The zero-order chi connectivity index (χ0) is 26.2. The molecule has 0 bridgehead atoms. The second-order valence-electron chi connectivity index (χ2n) is 9.06. The van der Waals surface area contributed by atoms with Crippen LogP contribution in [-0.4, -0.2) is 50.4 Å². The number of carbonyl (C=O) groups excluding carboxylic acids is 4. The zero-order valence-corrected chi connectivity index (χ0v) is 21.0. The fraction of sp³-hybridized carbons (Fsp3) is 0.407. The Balaban J connectivity index is 1.90. The molecule has 2 aliphatic rings. The van der Waals surface area contributed by atoms with Crippen molar-refractivity contribution < 1.29 is 33.4 Å². The highest BCUT2D eigenvalue weighted by atomic mass is 16.5. The molecular weight excluding hydrogens is 464 g/mol. The summed E-state index contributed by atoms with van der Waals surface area (Å²) < 4.78 is 16.1. The minimum atomic E-state index is -1.41. The largest absolute Gasteiger partial charge is 0.497 e. The van der Waals surface area contributed by atoms with Crippen LogP contribution in [0.4, 0.5) is 5.69 Å². The Kier molecular flexibility index (Phi) is 6.86. The molecule has 1 N–H and O–H groups in total. The lowest BCUT2D eigenvalue weighted by Crippen LogP contribution is -2.56. The summed E-state index contributed by atoms with van der Waals surface area (Å²) >= 11 is 0. The average Bonchev–Trinajstić information content (AvgIpc) is 3.36. The highest BCUT2D eigenvalue weighted by molar-refractivity contribution is 6.24. The molecule has 9 heteroatoms. The predicted octanol–water partition coefficient (Wildman–Crippen LogP) is 3.07. The van der Waals surface area contributed by atoms with Crippen molar-refractivity contribution >= 4 is 29.3 Å². The van der Waals surface area contributed by atoms with E-state index in [1.165, 1.54) is 34.3 Å². The Morgan fingerprint density at radius 2 is 1.78 bits per heavy atom. The van der Waals surface area contributed by atoms with Gasteiger partial charge in [0, 0.05) is 23.2 Å². The number of amides is 2. The van der Waals surface area contributed by atoms with Crippen molar-refractivity contribution in [1.29, 1.82) is 0 Å². The molecule has 36 heavy (non-hydrogen) atoms. The first kappa shape index (κ1) is 25.4. The number of methoxy groups -OCH3 is 3. The normalized spacial score (nSPS) is 25.0. The summed E-state index contributed by atoms with van der Waals surface area (Å²) in [7, 11) is 4.31. The topological polar surface area (TPSA) is 111 Å². The minimum Gasteiger partial charge on any atom is -0.497 e. The van der Waals surface area contributed by atoms with Crippen LogP contribution in [0, 0.1) is 11.8 Å². The first-order valence-corrected chi connectivity index (χ1v) is 11.8. The maximum atomic E-state index is 14.0. The number of benzene rings is 2. The van der Waals surface area contributed by atoms with Crippen LogP contribution >= 0.6 is 0 Å². The van der Waals surface area contributed by atoms with Crippen molar-refractivity contribution in [3.63, 3.8) is 0 Å². The maximum Gasteiger partial charge on any atom is 0.326 e. The van der Waals surface area contributed by atoms with Crippen molar-refractivity contribution in [3.05, 3.63) is 53.6 Å². The number of anilines is 1. The van der Waals surface area contributed by atoms with E-state index in [4.69, 9.17) is 14.2 Å². The van der Waals surface area contributed by atoms with Crippen LogP contribution in [-0.2, 0) is 19.1 Å². The van der Waals surface area contributed by atoms with E-state index in [-0.39, 0.29) is 12.2 Å². The van der Waals surface area contributed by atoms with Gasteiger partial charge in [0.05, 0.1) is 38.9 Å². The number of nitrogens with zero attached hydrogens (tertiary/aromatic N) is 1. The number of imide groups is 1. The van der Waals surface area contributed by atoms with E-state index >= 15 is 0 Å². The number of rotatable bonds is 8. The molecule has 4 rings (SSSR count). The van der Waals surface area contributed by atoms with Crippen LogP contribution in [0.1, 0.15) is 48.7 Å². The number of hydrogen-bond donors (Lipinski definition) is 1. The predicted molar refractivity (Wildman–Crippen MR) is 131 cm³/mol. The number of ether oxygens (including phenoxy) is 3. The molecule has 0 aromatic heterocycles. The molecule has 0 unspecified atom stereocenters. The third kappa shape index (κ3) is 3.83. The van der Waals surface area contributed by atoms with Crippen molar-refractivity contribution in [2.45, 2.75) is 38.3 Å². The van der Waals surface area contributed by atoms with Crippen molar-refractivity contribution in [1.82, 2.24) is 5.32 Å². The number of fused-ring (bicyclic) bond motifs is 1. The van der Waals surface area contributed by atoms with Gasteiger partial charge >= 0.3 is 5.97 Å². The number of Topliss-reactive ketones (excluding diaryl/α,β-unsaturated/α-hetero) is 1. The molecule has 0 aliphatic carbocycles. The lowest BCUT2D eigenvalue weighted by molar-refractivity contribution is -0.152. The molecule has 190 valence electrons. The summed E-state index contributed by atoms with van der Waals surface area (Å²) in [5.41, 5.74) is -0.119. The van der Waals surface area contributed by atoms with Gasteiger partial charge in [-0.3, -0.25) is 24.5 Å². The molecule has 2 fully saturated rings. The fourth-order valence-electron chi connectivity index (χ4n) is 5.56. The third-order valence-electron chi connectivity index (χ3n) is 7.13. The molecule has 2 heterocycles. The van der Waals surface area contributed by atoms with Gasteiger partial charge in [-0.05, 0) is 31.5 Å². The summed E-state index contributed by atoms with van der Waals surface area (Å²) in [6.07, 6.45) is 0.856. The number of carbonyl (C=O) groups is 4. The maximum absolute atomic E-state index is 14.0. The van der Waals surface area contributed by atoms with Crippen LogP contribution in [0.3, 0.4) is 0 Å². The SMILES string of the molecule is CCC[C@@]1(C(=O)OC)N[C@@H](c2ccc(OC)cc2OC)[C@H]2C(=O)N(c3cccc(C(C)=O)c3)C(=O)[C@@H]21. The number of hydrogen-bond acceptors (Lipinski definition) is 8. The lowest BCUT2D eigenvalue weighted by Gasteiger charge is -2.32. The quantitative estimate of drug-likeness (QED) is 0.339. The van der Waals surface area contributed by atoms with Gasteiger partial charge in [0.15, 0.2) is 5.78 Å². The Hall–Kier alpha value is -3.72. The molecule has 4 atom stereocenters. The van der Waals surface area contributed by atoms with E-state index in [9.17, 15) is 19.2 Å². The van der Waals surface area contributed by atoms with Gasteiger partial charge in [0.2, 0.25) is 11.8 Å². The van der Waals surface area contributed by atoms with Crippen LogP contribution in [0.15, 0.2) is 42.5 Å². The van der Waals surface area contributed by atoms with E-state index in [0.717, 1.165) is 4.90 Å². The summed E-state index contributed by atoms with van der Waals surface area (Å²) in [4.78, 5) is 54.2. The Labute approximate surface area is 209 Å². The standard InChI is InChI=1S/C27H30N2O7/c1-6-12-27(26(33)36-5)22-21(23(28-27)19-11-10-18(34-3)14-20(19)35-4)24(31)29(25(22)32)17-9-7-8-16(13-17)15(2)30/h7-11,13-14,21-23,28H,6,12H2,1-5H3/t21-,22+,23-,27+/m0/s1. The van der Waals surface area contributed by atoms with Crippen LogP contribution < -0.4 is 19.7 Å². The van der Waals surface area contributed by atoms with Crippen LogP contribution in [0.25, 0.3) is 0 Å². The van der Waals surface area contributed by atoms with E-state index in [1.54, 1.807) is 36.4 Å². The van der Waals surface area contributed by atoms with Crippen molar-refractivity contribution in [2.75, 3.05) is 26.2 Å². The smallest absolute Gasteiger partial charge is 0.326 e. The monoisotopic (exact) mass is 494 g/mol. The molecular formula is C27H30N2O7. The van der Waals surface area contributed by atoms with Gasteiger partial charge in [-0.2, -0.15) is 0 Å². The molecule has 2 saturated heterocycles. The van der Waals surface area contributed by atoms with Crippen molar-refractivity contribution in [2.24, 2.45) is 11.8 Å². The number of esters is 1. The van der Waals surface area contributed by atoms with E-state index in [0.29, 0.717) is 34.7 Å². The van der Waals surface area contributed by atoms with E-state index < -0.39 is 41.2 Å². The molecule has 2 amide bonds. The first-order chi connectivity index (χ1) is 17.2. The number of nitrogens with one attached hydrogen (secondary N) is 1. The number of ketones is 1. The summed E-state index contributed by atoms with van der Waals surface area (Å²) in [6.45, 7) is 3.32. The molecule has 9 nitrogen and oxygen atoms in total. The Morgan fingerprint density at radius 1 is 1.03 bits per heavy atom. The second kappa shape index (κ2) is 9.73.